The van der Waals surface area contributed by atoms with Crippen LogP contribution in [-0.4, -0.2) is 112 Å². The maximum Gasteiger partial charge on any atom is 0.218 e. The number of rotatable bonds is 24. The van der Waals surface area contributed by atoms with Gasteiger partial charge >= 0.3 is 0 Å². The summed E-state index contributed by atoms with van der Waals surface area (Å²) in [5.41, 5.74) is 10.9. The summed E-state index contributed by atoms with van der Waals surface area (Å²) in [6.07, 6.45) is 8.56. The van der Waals surface area contributed by atoms with E-state index < -0.39 is 0 Å². The van der Waals surface area contributed by atoms with Gasteiger partial charge < -0.3 is 58.3 Å². The molecule has 12 aromatic rings. The molecule has 0 atom stereocenters. The van der Waals surface area contributed by atoms with Crippen LogP contribution in [0, 0.1) is 59.8 Å². The topological polar surface area (TPSA) is 275 Å². The van der Waals surface area contributed by atoms with Gasteiger partial charge in [0.2, 0.25) is 6.79 Å². The number of hydrogen-bond acceptors (Lipinski definition) is 20. The molecule has 2 aliphatic rings. The second-order valence-corrected chi connectivity index (χ2v) is 32.1. The van der Waals surface area contributed by atoms with Gasteiger partial charge in [0.05, 0.1) is 96.5 Å². The third kappa shape index (κ3) is 40.4. The van der Waals surface area contributed by atoms with Crippen molar-refractivity contribution in [2.45, 2.75) is 135 Å². The van der Waals surface area contributed by atoms with E-state index in [4.69, 9.17) is 43.0 Å². The first kappa shape index (κ1) is 112. The van der Waals surface area contributed by atoms with Gasteiger partial charge in [-0.15, -0.1) is 58.7 Å². The number of aliphatic hydroxyl groups excluding tert-OH is 4. The molecule has 14 rings (SSSR count). The molecule has 0 unspecified atom stereocenters. The molecule has 4 N–H and O–H groups in total. The van der Waals surface area contributed by atoms with Gasteiger partial charge in [-0.05, 0) is 118 Å². The first-order valence-electron chi connectivity index (χ1n) is 41.8. The molecule has 4 radical (unpaired) electrons. The molecule has 20 nitrogen and oxygen atoms in total. The number of fused-ring (bicyclic) bond motifs is 6. The number of aliphatic hydroxyl groups is 4. The average molecular weight is 2460 g/mol. The Morgan fingerprint density at radius 2 is 0.628 bits per heavy atom. The van der Waals surface area contributed by atoms with E-state index in [9.17, 15) is 34.5 Å². The Morgan fingerprint density at radius 1 is 0.349 bits per heavy atom. The van der Waals surface area contributed by atoms with Crippen molar-refractivity contribution in [3.63, 3.8) is 0 Å². The van der Waals surface area contributed by atoms with Crippen LogP contribution in [0.1, 0.15) is 135 Å². The number of allylic oxidation sites excluding steroid dienone is 8. The number of ketones is 4. The van der Waals surface area contributed by atoms with Crippen LogP contribution in [0.4, 0.5) is 0 Å². The van der Waals surface area contributed by atoms with Gasteiger partial charge in [0.15, 0.2) is 23.1 Å². The molecule has 0 spiro atoms. The van der Waals surface area contributed by atoms with Crippen LogP contribution in [0.25, 0.3) is 88.6 Å². The van der Waals surface area contributed by atoms with E-state index in [0.717, 1.165) is 123 Å². The monoisotopic (exact) mass is 2460 g/mol. The summed E-state index contributed by atoms with van der Waals surface area (Å²) in [5.74, 6) is 8.61. The number of pyridine rings is 4. The molecule has 8 aromatic carbocycles. The zero-order valence-corrected chi connectivity index (χ0v) is 86.0. The number of carbonyl (C=O) groups excluding carboxylic acids is 4. The van der Waals surface area contributed by atoms with Crippen LogP contribution in [0.5, 0.6) is 46.0 Å². The van der Waals surface area contributed by atoms with Crippen LogP contribution in [0.2, 0.25) is 0 Å². The number of nitrogens with zero attached hydrogens (tertiary/aromatic N) is 4. The molecule has 694 valence electrons. The molecule has 129 heavy (non-hydrogen) atoms. The molecule has 6 heterocycles. The summed E-state index contributed by atoms with van der Waals surface area (Å²) in [7, 11) is 6.49. The first-order valence-corrected chi connectivity index (χ1v) is 41.8. The van der Waals surface area contributed by atoms with E-state index >= 15 is 0 Å². The third-order valence-corrected chi connectivity index (χ3v) is 17.9. The van der Waals surface area contributed by atoms with Crippen molar-refractivity contribution in [2.24, 2.45) is 35.5 Å². The number of ether oxygens (including phenoxy) is 8. The molecule has 0 fully saturated rings. The van der Waals surface area contributed by atoms with Gasteiger partial charge in [0, 0.05) is 166 Å². The molecule has 0 bridgehead atoms. The number of aromatic nitrogens is 4. The van der Waals surface area contributed by atoms with E-state index in [2.05, 4.69) is 80.6 Å². The molecular weight excluding hydrogens is 2340 g/mol. The second kappa shape index (κ2) is 58.7. The van der Waals surface area contributed by atoms with Gasteiger partial charge in [-0.2, -0.15) is 0 Å². The maximum absolute atomic E-state index is 11.2. The normalized spacial score (nSPS) is 11.7. The van der Waals surface area contributed by atoms with Gasteiger partial charge in [0.25, 0.3) is 0 Å². The largest absolute Gasteiger partial charge is 0.530 e. The van der Waals surface area contributed by atoms with Crippen molar-refractivity contribution in [3.8, 4) is 91.0 Å². The van der Waals surface area contributed by atoms with Crippen molar-refractivity contribution in [2.75, 3.05) is 48.4 Å². The minimum atomic E-state index is -0.125. The Bertz CT molecular complexity index is 5390. The fourth-order valence-electron chi connectivity index (χ4n) is 12.4. The number of benzene rings is 8. The first-order chi connectivity index (χ1) is 59.8. The predicted octanol–water partition coefficient (Wildman–Crippen LogP) is 24.6. The Balaban J connectivity index is 0.000000385. The molecule has 0 saturated carbocycles. The number of carbonyl (C=O) groups is 4. The number of hydrogen-bond donors (Lipinski definition) is 4. The van der Waals surface area contributed by atoms with E-state index in [1.807, 2.05) is 223 Å². The van der Waals surface area contributed by atoms with Crippen LogP contribution in [0.15, 0.2) is 241 Å². The molecule has 4 aromatic heterocycles. The standard InChI is InChI=1S/C17H12NO2.2C17H14NO2.C16H10NO2.3C11H20O2.C5H8O2.4Ir/c1-2-4-14-12(3-1)5-7-15(18-14)13-6-8-16-17(11-13)20-10-9-19-16;2*1-19-14-9-13(10-15(11-14)20-2)17-8-7-12-5-3-4-6-16(12)18-17;1-2-4-13-11(3-1)5-7-14(17-13)12-6-8-15-16(9-12)19-10-18-15;3*1-8(2)5-10(12)7-11(13)6-9(3)4;1-4(6)3-5(2)7;;;;/h1-5,7-8,11H,9-10H2;2*3-9,11H,1-2H3;1-5,7-9H,10H2;3*7-9,12H,5-6H2,1-4H3;3,6H,1-2H3;;;;/q4*-1;;;;;;;;. The van der Waals surface area contributed by atoms with Gasteiger partial charge in [-0.3, -0.25) is 39.1 Å². The maximum atomic E-state index is 11.2. The Labute approximate surface area is 814 Å². The van der Waals surface area contributed by atoms with Crippen molar-refractivity contribution < 1.29 is 158 Å². The van der Waals surface area contributed by atoms with Crippen LogP contribution in [0.3, 0.4) is 0 Å². The Kier molecular flexibility index (Phi) is 51.2. The van der Waals surface area contributed by atoms with Gasteiger partial charge in [0.1, 0.15) is 13.2 Å². The van der Waals surface area contributed by atoms with Gasteiger partial charge in [-0.1, -0.05) is 241 Å². The van der Waals surface area contributed by atoms with E-state index in [0.29, 0.717) is 98.7 Å². The smallest absolute Gasteiger partial charge is 0.218 e. The fraction of sp³-hybridized carbons (Fsp3) is 0.314. The molecule has 0 amide bonds. The molecule has 0 saturated heterocycles. The van der Waals surface area contributed by atoms with Crippen LogP contribution < -0.4 is 37.9 Å². The second-order valence-electron chi connectivity index (χ2n) is 32.1. The zero-order valence-electron chi connectivity index (χ0n) is 76.4. The summed E-state index contributed by atoms with van der Waals surface area (Å²) in [6.45, 7) is 28.3. The molecular formula is C105H118Ir4N4O16-4. The molecule has 2 aliphatic heterocycles. The van der Waals surface area contributed by atoms with Gasteiger partial charge in [-0.25, -0.2) is 0 Å². The minimum absolute atomic E-state index is 0. The predicted molar refractivity (Wildman–Crippen MR) is 498 cm³/mol. The quantitative estimate of drug-likeness (QED) is 0.0249. The summed E-state index contributed by atoms with van der Waals surface area (Å²) >= 11 is 0. The fourth-order valence-corrected chi connectivity index (χ4v) is 12.4. The zero-order chi connectivity index (χ0) is 91.1. The Hall–Kier alpha value is -10.8. The number of methoxy groups -OCH3 is 4. The van der Waals surface area contributed by atoms with Crippen molar-refractivity contribution >= 4 is 66.7 Å². The van der Waals surface area contributed by atoms with Crippen LogP contribution in [-0.2, 0) is 99.6 Å². The van der Waals surface area contributed by atoms with Crippen molar-refractivity contribution in [1.29, 1.82) is 0 Å². The summed E-state index contributed by atoms with van der Waals surface area (Å²) in [5, 5.41) is 40.9. The minimum Gasteiger partial charge on any atom is -0.530 e. The van der Waals surface area contributed by atoms with E-state index in [1.165, 1.54) is 38.2 Å². The SMILES string of the molecule is CC(=O)C=C(C)O.CC(C)CC(=O)C=C(O)CC(C)C.CC(C)CC(=O)C=C(O)CC(C)C.CC(C)CC(=O)C=C(O)CC(C)C.COc1[c-]c(-c2ccc3ccccc3n2)cc(OC)c1.COc1[c-]c(-c2ccc3ccccc3n2)cc(OC)c1.[Ir].[Ir].[Ir].[Ir].[c-]1cc2c(cc1-c1ccc3ccccc3n1)OCCO2.[c-]1cc2c(cc1-c1ccc3ccccc3n1)OCO2. The van der Waals surface area contributed by atoms with E-state index in [1.54, 1.807) is 46.6 Å². The summed E-state index contributed by atoms with van der Waals surface area (Å²) < 4.78 is 42.8. The molecule has 24 heteroatoms. The summed E-state index contributed by atoms with van der Waals surface area (Å²) in [4.78, 5) is 62.3. The average Bonchev–Trinajstić information content (AvgIpc) is 1.76. The van der Waals surface area contributed by atoms with E-state index in [-0.39, 0.29) is 133 Å². The van der Waals surface area contributed by atoms with Crippen LogP contribution >= 0.6 is 0 Å². The van der Waals surface area contributed by atoms with Crippen molar-refractivity contribution in [1.82, 2.24) is 19.9 Å². The molecule has 0 aliphatic carbocycles. The third-order valence-electron chi connectivity index (χ3n) is 17.9. The Morgan fingerprint density at radius 3 is 0.907 bits per heavy atom. The number of para-hydroxylation sites is 4. The summed E-state index contributed by atoms with van der Waals surface area (Å²) in [6, 6.07) is 76.0. The van der Waals surface area contributed by atoms with Crippen molar-refractivity contribution in [3.05, 3.63) is 266 Å².